The number of ether oxygens (including phenoxy) is 1. The molecule has 12 heavy (non-hydrogen) atoms. The molecule has 0 amide bonds. The van der Waals surface area contributed by atoms with Gasteiger partial charge in [-0.2, -0.15) is 0 Å². The summed E-state index contributed by atoms with van der Waals surface area (Å²) in [6, 6.07) is 6.84. The fraction of sp³-hybridized carbons (Fsp3) is 0.333. The first-order chi connectivity index (χ1) is 6.46. The van der Waals surface area contributed by atoms with Crippen molar-refractivity contribution in [3.05, 3.63) is 24.3 Å². The average Bonchev–Trinajstić information content (AvgIpc) is 2.15. The van der Waals surface area contributed by atoms with Gasteiger partial charge in [0, 0.05) is 0 Å². The molecular formula is C9H12O2Se. The zero-order valence-corrected chi connectivity index (χ0v) is 8.75. The molecule has 1 aromatic carbocycles. The van der Waals surface area contributed by atoms with Gasteiger partial charge in [0.15, 0.2) is 0 Å². The molecular weight excluding hydrogens is 220 g/mol. The Hall–Kier alpha value is -0.661. The summed E-state index contributed by atoms with van der Waals surface area (Å²) in [6.45, 7) is 1.33. The van der Waals surface area contributed by atoms with E-state index in [9.17, 15) is 3.83 Å². The van der Waals surface area contributed by atoms with E-state index in [1.165, 1.54) is 14.0 Å². The van der Waals surface area contributed by atoms with Crippen LogP contribution in [0.5, 0.6) is 5.75 Å². The van der Waals surface area contributed by atoms with Crippen molar-refractivity contribution >= 4 is 18.3 Å². The molecule has 1 atom stereocenters. The predicted molar refractivity (Wildman–Crippen MR) is 49.5 cm³/mol. The van der Waals surface area contributed by atoms with Crippen LogP contribution in [0.3, 0.4) is 0 Å². The molecule has 0 fully saturated rings. The summed E-state index contributed by atoms with van der Waals surface area (Å²) in [4.78, 5) is 0. The number of rotatable bonds is 3. The van der Waals surface area contributed by atoms with Gasteiger partial charge in [0.05, 0.1) is 0 Å². The quantitative estimate of drug-likeness (QED) is 0.582. The zero-order valence-electron chi connectivity index (χ0n) is 9.03. The molecule has 0 aliphatic heterocycles. The Morgan fingerprint density at radius 3 is 2.83 bits per heavy atom. The Kier molecular flexibility index (Phi) is 2.49. The summed E-state index contributed by atoms with van der Waals surface area (Å²) >= 11 is -2.70. The van der Waals surface area contributed by atoms with Gasteiger partial charge in [0.25, 0.3) is 0 Å². The molecule has 0 saturated heterocycles. The molecule has 0 heterocycles. The van der Waals surface area contributed by atoms with Crippen LogP contribution < -0.4 is 9.20 Å². The van der Waals surface area contributed by atoms with Crippen LogP contribution in [0.25, 0.3) is 0 Å². The fourth-order valence-corrected chi connectivity index (χ4v) is 2.47. The number of hydrogen-bond acceptors (Lipinski definition) is 2. The van der Waals surface area contributed by atoms with Gasteiger partial charge in [-0.3, -0.25) is 0 Å². The first kappa shape index (κ1) is 6.81. The predicted octanol–water partition coefficient (Wildman–Crippen LogP) is 1.34. The Morgan fingerprint density at radius 2 is 2.25 bits per heavy atom. The van der Waals surface area contributed by atoms with Crippen LogP contribution in [0.4, 0.5) is 0 Å². The van der Waals surface area contributed by atoms with Crippen LogP contribution in [0.15, 0.2) is 24.3 Å². The Labute approximate surface area is 79.4 Å². The molecule has 0 bridgehead atoms. The Balaban J connectivity index is 3.13. The average molecular weight is 234 g/mol. The van der Waals surface area contributed by atoms with Crippen LogP contribution in [-0.4, -0.2) is 20.9 Å². The maximum absolute atomic E-state index is 11.8. The van der Waals surface area contributed by atoms with Gasteiger partial charge in [-0.05, 0) is 0 Å². The van der Waals surface area contributed by atoms with Crippen molar-refractivity contribution in [3.8, 4) is 5.75 Å². The summed E-state index contributed by atoms with van der Waals surface area (Å²) in [6.07, 6.45) is 0. The van der Waals surface area contributed by atoms with Gasteiger partial charge in [0.1, 0.15) is 0 Å². The third-order valence-electron chi connectivity index (χ3n) is 1.45. The second-order valence-corrected chi connectivity index (χ2v) is 5.03. The third kappa shape index (κ3) is 1.93. The van der Waals surface area contributed by atoms with Crippen LogP contribution in [-0.2, 0) is 3.83 Å². The first-order valence-corrected chi connectivity index (χ1v) is 5.93. The fourth-order valence-electron chi connectivity index (χ4n) is 0.882. The van der Waals surface area contributed by atoms with Crippen LogP contribution in [0.2, 0.25) is 5.27 Å². The van der Waals surface area contributed by atoms with Crippen LogP contribution in [0, 0.1) is 0 Å². The van der Waals surface area contributed by atoms with E-state index < -0.39 is 19.1 Å². The minimum absolute atomic E-state index is 0.488. The van der Waals surface area contributed by atoms with Gasteiger partial charge < -0.3 is 0 Å². The number of para-hydroxylation sites is 1. The molecule has 0 N–H and O–H groups in total. The van der Waals surface area contributed by atoms with Crippen molar-refractivity contribution in [2.75, 3.05) is 7.11 Å². The van der Waals surface area contributed by atoms with Gasteiger partial charge in [-0.1, -0.05) is 0 Å². The molecule has 1 rings (SSSR count). The number of benzene rings is 1. The summed E-state index contributed by atoms with van der Waals surface area (Å²) in [7, 11) is 1.49. The molecule has 1 aromatic rings. The van der Waals surface area contributed by atoms with Crippen LogP contribution in [0.1, 0.15) is 9.67 Å². The molecule has 0 aromatic heterocycles. The number of methoxy groups -OCH3 is 1. The molecule has 0 aliphatic rings. The molecule has 0 aliphatic carbocycles. The van der Waals surface area contributed by atoms with E-state index in [4.69, 9.17) is 7.48 Å². The molecule has 0 spiro atoms. The molecule has 2 nitrogen and oxygen atoms in total. The summed E-state index contributed by atoms with van der Waals surface area (Å²) in [5, 5.41) is -1.66. The van der Waals surface area contributed by atoms with Crippen molar-refractivity contribution in [2.45, 2.75) is 12.2 Å². The van der Waals surface area contributed by atoms with E-state index >= 15 is 0 Å². The Bertz CT molecular complexity index is 347. The summed E-state index contributed by atoms with van der Waals surface area (Å²) < 4.78 is 32.1. The number of hydrogen-bond donors (Lipinski definition) is 0. The third-order valence-corrected chi connectivity index (χ3v) is 3.78. The monoisotopic (exact) mass is 235 g/mol. The Morgan fingerprint density at radius 1 is 1.58 bits per heavy atom. The van der Waals surface area contributed by atoms with Crippen molar-refractivity contribution in [1.29, 1.82) is 0 Å². The van der Waals surface area contributed by atoms with Crippen molar-refractivity contribution < 1.29 is 11.3 Å². The van der Waals surface area contributed by atoms with E-state index in [0.29, 0.717) is 10.2 Å². The standard InChI is InChI=1S/C9H12O2Se/c1-3-12(10)9-7-5-4-6-8(9)11-2/h4-7H,3H2,1-2H3/i3+1D2. The van der Waals surface area contributed by atoms with E-state index in [1.807, 2.05) is 0 Å². The van der Waals surface area contributed by atoms with E-state index in [0.717, 1.165) is 0 Å². The second kappa shape index (κ2) is 4.39. The molecule has 66 valence electrons. The molecule has 3 heteroatoms. The summed E-state index contributed by atoms with van der Waals surface area (Å²) in [5.74, 6) is 0.498. The normalized spacial score (nSPS) is 16.2. The van der Waals surface area contributed by atoms with Gasteiger partial charge in [-0.25, -0.2) is 0 Å². The SMILES string of the molecule is [2H][13C]([2H])(C)[Se](=O)c1ccccc1OC. The van der Waals surface area contributed by atoms with E-state index in [1.54, 1.807) is 24.3 Å². The van der Waals surface area contributed by atoms with E-state index in [-0.39, 0.29) is 0 Å². The van der Waals surface area contributed by atoms with Crippen molar-refractivity contribution in [3.63, 3.8) is 0 Å². The topological polar surface area (TPSA) is 26.3 Å². The molecule has 0 radical (unpaired) electrons. The minimum atomic E-state index is -2.70. The maximum atomic E-state index is 11.8. The van der Waals surface area contributed by atoms with Crippen molar-refractivity contribution in [2.24, 2.45) is 0 Å². The van der Waals surface area contributed by atoms with Gasteiger partial charge >= 0.3 is 78.9 Å². The van der Waals surface area contributed by atoms with Gasteiger partial charge in [0.2, 0.25) is 0 Å². The second-order valence-electron chi connectivity index (χ2n) is 2.12. The van der Waals surface area contributed by atoms with E-state index in [2.05, 4.69) is 0 Å². The molecule has 0 saturated carbocycles. The zero-order chi connectivity index (χ0) is 10.8. The molecule has 1 unspecified atom stereocenters. The van der Waals surface area contributed by atoms with Crippen LogP contribution >= 0.6 is 0 Å². The van der Waals surface area contributed by atoms with Gasteiger partial charge in [-0.15, -0.1) is 0 Å². The first-order valence-electron chi connectivity index (χ1n) is 4.51. The van der Waals surface area contributed by atoms with Crippen molar-refractivity contribution in [1.82, 2.24) is 0 Å². The summed E-state index contributed by atoms with van der Waals surface area (Å²) in [5.41, 5.74) is 0.